The fourth-order valence-corrected chi connectivity index (χ4v) is 2.50. The van der Waals surface area contributed by atoms with Crippen molar-refractivity contribution in [3.8, 4) is 0 Å². The Bertz CT molecular complexity index is 318. The number of halogens is 4. The molecule has 4 nitrogen and oxygen atoms in total. The lowest BCUT2D eigenvalue weighted by Crippen LogP contribution is -2.42. The molecule has 0 bridgehead atoms. The van der Waals surface area contributed by atoms with Crippen LogP contribution in [0.2, 0.25) is 0 Å². The molecule has 1 fully saturated rings. The monoisotopic (exact) mass is 436 g/mol. The van der Waals surface area contributed by atoms with Crippen LogP contribution in [0.25, 0.3) is 0 Å². The number of alkyl halides is 3. The molecule has 0 unspecified atom stereocenters. The fourth-order valence-electron chi connectivity index (χ4n) is 2.50. The molecule has 8 heteroatoms. The summed E-state index contributed by atoms with van der Waals surface area (Å²) >= 11 is 0. The van der Waals surface area contributed by atoms with E-state index in [1.54, 1.807) is 0 Å². The summed E-state index contributed by atoms with van der Waals surface area (Å²) in [4.78, 5) is 5.72. The number of guanidine groups is 1. The van der Waals surface area contributed by atoms with Crippen molar-refractivity contribution in [2.45, 2.75) is 51.2 Å². The van der Waals surface area contributed by atoms with Crippen LogP contribution in [0.1, 0.15) is 39.0 Å². The average Bonchev–Trinajstić information content (AvgIpc) is 2.85. The highest BCUT2D eigenvalue weighted by Gasteiger charge is 2.28. The van der Waals surface area contributed by atoms with Crippen LogP contribution in [0.15, 0.2) is 4.99 Å². The summed E-state index contributed by atoms with van der Waals surface area (Å²) in [6.45, 7) is 2.85. The minimum absolute atomic E-state index is 0. The first kappa shape index (κ1) is 21.8. The molecule has 0 heterocycles. The third-order valence-electron chi connectivity index (χ3n) is 3.46. The van der Waals surface area contributed by atoms with Gasteiger partial charge in [-0.05, 0) is 39.8 Å². The second-order valence-corrected chi connectivity index (χ2v) is 5.59. The van der Waals surface area contributed by atoms with E-state index in [0.717, 1.165) is 12.5 Å². The molecule has 0 amide bonds. The molecule has 0 radical (unpaired) electrons. The number of rotatable bonds is 7. The Balaban J connectivity index is 0.00000441. The summed E-state index contributed by atoms with van der Waals surface area (Å²) in [6, 6.07) is 0.482. The number of nitrogens with zero attached hydrogens (tertiary/aromatic N) is 2. The number of aliphatic imine (C=N–C) groups is 1. The van der Waals surface area contributed by atoms with Gasteiger partial charge >= 0.3 is 6.18 Å². The van der Waals surface area contributed by atoms with Crippen molar-refractivity contribution in [3.05, 3.63) is 0 Å². The molecule has 0 aliphatic heterocycles. The van der Waals surface area contributed by atoms with Crippen molar-refractivity contribution >= 4 is 29.9 Å². The predicted octanol–water partition coefficient (Wildman–Crippen LogP) is 2.99. The Morgan fingerprint density at radius 3 is 2.45 bits per heavy atom. The Hall–Kier alpha value is -0.250. The molecule has 0 aromatic carbocycles. The van der Waals surface area contributed by atoms with Gasteiger partial charge in [0.2, 0.25) is 0 Å². The van der Waals surface area contributed by atoms with Crippen molar-refractivity contribution in [3.63, 3.8) is 0 Å². The third kappa shape index (κ3) is 10.5. The molecular formula is C14H28F3IN4. The van der Waals surface area contributed by atoms with Crippen LogP contribution in [-0.4, -0.2) is 56.3 Å². The molecule has 1 saturated carbocycles. The van der Waals surface area contributed by atoms with E-state index in [1.807, 2.05) is 6.92 Å². The first-order chi connectivity index (χ1) is 9.90. The van der Waals surface area contributed by atoms with Crippen LogP contribution in [0.5, 0.6) is 0 Å². The van der Waals surface area contributed by atoms with E-state index >= 15 is 0 Å². The summed E-state index contributed by atoms with van der Waals surface area (Å²) in [5.74, 6) is 0.780. The van der Waals surface area contributed by atoms with Gasteiger partial charge in [-0.15, -0.1) is 24.0 Å². The van der Waals surface area contributed by atoms with Gasteiger partial charge in [0.05, 0.1) is 6.54 Å². The molecule has 0 saturated heterocycles. The van der Waals surface area contributed by atoms with Crippen molar-refractivity contribution in [2.75, 3.05) is 33.2 Å². The molecule has 1 aliphatic rings. The molecule has 0 aromatic heterocycles. The Morgan fingerprint density at radius 1 is 1.27 bits per heavy atom. The SMILES string of the molecule is CCNC(=NCCCN(C)CC(F)(F)F)NC1CCCC1.I. The summed E-state index contributed by atoms with van der Waals surface area (Å²) in [5.41, 5.74) is 0. The summed E-state index contributed by atoms with van der Waals surface area (Å²) in [5, 5.41) is 6.57. The molecule has 1 rings (SSSR count). The van der Waals surface area contributed by atoms with Crippen LogP contribution in [-0.2, 0) is 0 Å². The largest absolute Gasteiger partial charge is 0.401 e. The van der Waals surface area contributed by atoms with Gasteiger partial charge in [0.1, 0.15) is 0 Å². The highest BCUT2D eigenvalue weighted by Crippen LogP contribution is 2.17. The van der Waals surface area contributed by atoms with Gasteiger partial charge in [-0.3, -0.25) is 9.89 Å². The standard InChI is InChI=1S/C14H27F3N4.HI/c1-3-18-13(20-12-7-4-5-8-12)19-9-6-10-21(2)11-14(15,16)17;/h12H,3-11H2,1-2H3,(H2,18,19,20);1H. The number of nitrogens with one attached hydrogen (secondary N) is 2. The van der Waals surface area contributed by atoms with Crippen molar-refractivity contribution in [2.24, 2.45) is 4.99 Å². The van der Waals surface area contributed by atoms with Gasteiger partial charge in [0.15, 0.2) is 5.96 Å². The Morgan fingerprint density at radius 2 is 1.91 bits per heavy atom. The van der Waals surface area contributed by atoms with Gasteiger partial charge in [-0.1, -0.05) is 12.8 Å². The average molecular weight is 436 g/mol. The molecule has 22 heavy (non-hydrogen) atoms. The van der Waals surface area contributed by atoms with Crippen LogP contribution in [0.4, 0.5) is 13.2 Å². The zero-order valence-corrected chi connectivity index (χ0v) is 15.7. The first-order valence-electron chi connectivity index (χ1n) is 7.71. The minimum Gasteiger partial charge on any atom is -0.357 e. The molecule has 1 aliphatic carbocycles. The fraction of sp³-hybridized carbons (Fsp3) is 0.929. The van der Waals surface area contributed by atoms with E-state index in [9.17, 15) is 13.2 Å². The summed E-state index contributed by atoms with van der Waals surface area (Å²) in [6.07, 6.45) is 1.32. The van der Waals surface area contributed by atoms with E-state index in [1.165, 1.54) is 37.6 Å². The molecule has 0 spiro atoms. The van der Waals surface area contributed by atoms with Crippen LogP contribution >= 0.6 is 24.0 Å². The molecule has 0 aromatic rings. The van der Waals surface area contributed by atoms with Crippen molar-refractivity contribution < 1.29 is 13.2 Å². The summed E-state index contributed by atoms with van der Waals surface area (Å²) in [7, 11) is 1.49. The van der Waals surface area contributed by atoms with Gasteiger partial charge in [-0.2, -0.15) is 13.2 Å². The van der Waals surface area contributed by atoms with Gasteiger partial charge in [0.25, 0.3) is 0 Å². The zero-order valence-electron chi connectivity index (χ0n) is 13.4. The Kier molecular flexibility index (Phi) is 11.2. The van der Waals surface area contributed by atoms with Gasteiger partial charge in [0, 0.05) is 19.1 Å². The second-order valence-electron chi connectivity index (χ2n) is 5.59. The number of hydrogen-bond donors (Lipinski definition) is 2. The maximum absolute atomic E-state index is 12.2. The van der Waals surface area contributed by atoms with E-state index in [0.29, 0.717) is 25.6 Å². The van der Waals surface area contributed by atoms with Crippen LogP contribution < -0.4 is 10.6 Å². The zero-order chi connectivity index (χ0) is 15.7. The topological polar surface area (TPSA) is 39.7 Å². The van der Waals surface area contributed by atoms with Crippen LogP contribution in [0, 0.1) is 0 Å². The first-order valence-corrected chi connectivity index (χ1v) is 7.71. The molecule has 132 valence electrons. The van der Waals surface area contributed by atoms with Gasteiger partial charge in [-0.25, -0.2) is 0 Å². The van der Waals surface area contributed by atoms with Crippen molar-refractivity contribution in [1.82, 2.24) is 15.5 Å². The van der Waals surface area contributed by atoms with E-state index < -0.39 is 12.7 Å². The van der Waals surface area contributed by atoms with Crippen molar-refractivity contribution in [1.29, 1.82) is 0 Å². The molecule has 0 atom stereocenters. The number of hydrogen-bond acceptors (Lipinski definition) is 2. The van der Waals surface area contributed by atoms with Gasteiger partial charge < -0.3 is 10.6 Å². The minimum atomic E-state index is -4.13. The van der Waals surface area contributed by atoms with E-state index in [-0.39, 0.29) is 24.0 Å². The predicted molar refractivity (Wildman–Crippen MR) is 95.0 cm³/mol. The Labute approximate surface area is 148 Å². The lowest BCUT2D eigenvalue weighted by molar-refractivity contribution is -0.143. The second kappa shape index (κ2) is 11.3. The quantitative estimate of drug-likeness (QED) is 0.279. The summed E-state index contributed by atoms with van der Waals surface area (Å²) < 4.78 is 36.5. The highest BCUT2D eigenvalue weighted by atomic mass is 127. The maximum atomic E-state index is 12.2. The smallest absolute Gasteiger partial charge is 0.357 e. The normalized spacial score (nSPS) is 16.7. The lowest BCUT2D eigenvalue weighted by atomic mass is 10.2. The molecule has 2 N–H and O–H groups in total. The highest BCUT2D eigenvalue weighted by molar-refractivity contribution is 14.0. The molecular weight excluding hydrogens is 408 g/mol. The lowest BCUT2D eigenvalue weighted by Gasteiger charge is -2.18. The van der Waals surface area contributed by atoms with E-state index in [4.69, 9.17) is 0 Å². The third-order valence-corrected chi connectivity index (χ3v) is 3.46. The van der Waals surface area contributed by atoms with E-state index in [2.05, 4.69) is 15.6 Å². The van der Waals surface area contributed by atoms with Crippen LogP contribution in [0.3, 0.4) is 0 Å². The maximum Gasteiger partial charge on any atom is 0.401 e.